The molecule has 1 aromatic heterocycles. The summed E-state index contributed by atoms with van der Waals surface area (Å²) in [5, 5.41) is 4.14. The van der Waals surface area contributed by atoms with Crippen molar-refractivity contribution in [1.29, 1.82) is 0 Å². The molecule has 144 valence electrons. The standard InChI is InChI=1S/C18H13Cl3N4O2S/c19-10-4-6-11(7-5-10)25-14(22)8-15(26)24-18(25)28-9-16(27)23-17-12(20)2-1-3-13(17)21/h1-8H,9,22H2,(H,23,27). The SMILES string of the molecule is Nc1cc(=O)nc(SCC(=O)Nc2c(Cl)cccc2Cl)n1-c1ccc(Cl)cc1. The monoisotopic (exact) mass is 454 g/mol. The van der Waals surface area contributed by atoms with Crippen LogP contribution in [0.5, 0.6) is 0 Å². The number of nitrogens with zero attached hydrogens (tertiary/aromatic N) is 2. The van der Waals surface area contributed by atoms with Crippen molar-refractivity contribution in [3.8, 4) is 5.69 Å². The van der Waals surface area contributed by atoms with Gasteiger partial charge in [-0.05, 0) is 36.4 Å². The summed E-state index contributed by atoms with van der Waals surface area (Å²) < 4.78 is 1.57. The number of nitrogens with two attached hydrogens (primary N) is 1. The molecule has 1 amide bonds. The van der Waals surface area contributed by atoms with Crippen molar-refractivity contribution in [3.63, 3.8) is 0 Å². The number of rotatable bonds is 5. The van der Waals surface area contributed by atoms with Gasteiger partial charge in [0.2, 0.25) is 5.91 Å². The van der Waals surface area contributed by atoms with Crippen molar-refractivity contribution in [1.82, 2.24) is 9.55 Å². The van der Waals surface area contributed by atoms with Gasteiger partial charge in [-0.2, -0.15) is 4.98 Å². The second-order valence-electron chi connectivity index (χ2n) is 5.55. The number of thioether (sulfide) groups is 1. The fourth-order valence-electron chi connectivity index (χ4n) is 2.35. The van der Waals surface area contributed by atoms with E-state index >= 15 is 0 Å². The number of anilines is 2. The summed E-state index contributed by atoms with van der Waals surface area (Å²) in [6.07, 6.45) is 0. The van der Waals surface area contributed by atoms with Gasteiger partial charge in [-0.25, -0.2) is 0 Å². The molecule has 0 radical (unpaired) electrons. The molecule has 0 spiro atoms. The van der Waals surface area contributed by atoms with Crippen molar-refractivity contribution < 1.29 is 4.79 Å². The highest BCUT2D eigenvalue weighted by atomic mass is 35.5. The Morgan fingerprint density at radius 2 is 1.75 bits per heavy atom. The molecular weight excluding hydrogens is 443 g/mol. The Morgan fingerprint density at radius 3 is 2.39 bits per heavy atom. The van der Waals surface area contributed by atoms with E-state index in [0.717, 1.165) is 11.8 Å². The average Bonchev–Trinajstić information content (AvgIpc) is 2.64. The molecule has 0 saturated carbocycles. The Bertz CT molecular complexity index is 1070. The number of hydrogen-bond donors (Lipinski definition) is 2. The average molecular weight is 456 g/mol. The quantitative estimate of drug-likeness (QED) is 0.436. The summed E-state index contributed by atoms with van der Waals surface area (Å²) in [5.41, 5.74) is 6.49. The molecule has 0 saturated heterocycles. The molecular formula is C18H13Cl3N4O2S. The Morgan fingerprint density at radius 1 is 1.11 bits per heavy atom. The van der Waals surface area contributed by atoms with E-state index in [2.05, 4.69) is 10.3 Å². The van der Waals surface area contributed by atoms with Gasteiger partial charge in [0.15, 0.2) is 5.16 Å². The lowest BCUT2D eigenvalue weighted by Crippen LogP contribution is -2.19. The van der Waals surface area contributed by atoms with Crippen LogP contribution in [0, 0.1) is 0 Å². The molecule has 6 nitrogen and oxygen atoms in total. The van der Waals surface area contributed by atoms with E-state index in [0.29, 0.717) is 26.4 Å². The molecule has 0 aliphatic heterocycles. The van der Waals surface area contributed by atoms with E-state index < -0.39 is 5.56 Å². The van der Waals surface area contributed by atoms with Gasteiger partial charge in [-0.15, -0.1) is 0 Å². The van der Waals surface area contributed by atoms with Crippen molar-refractivity contribution in [2.24, 2.45) is 0 Å². The minimum Gasteiger partial charge on any atom is -0.385 e. The van der Waals surface area contributed by atoms with Crippen LogP contribution < -0.4 is 16.6 Å². The summed E-state index contributed by atoms with van der Waals surface area (Å²) in [7, 11) is 0. The van der Waals surface area contributed by atoms with E-state index in [9.17, 15) is 9.59 Å². The number of carbonyl (C=O) groups is 1. The second kappa shape index (κ2) is 8.87. The number of para-hydroxylation sites is 1. The zero-order valence-electron chi connectivity index (χ0n) is 14.2. The third-order valence-electron chi connectivity index (χ3n) is 3.57. The summed E-state index contributed by atoms with van der Waals surface area (Å²) in [5.74, 6) is -0.205. The van der Waals surface area contributed by atoms with E-state index in [1.807, 2.05) is 0 Å². The van der Waals surface area contributed by atoms with Crippen LogP contribution in [0.4, 0.5) is 11.5 Å². The lowest BCUT2D eigenvalue weighted by Gasteiger charge is -2.15. The maximum Gasteiger partial charge on any atom is 0.275 e. The van der Waals surface area contributed by atoms with Gasteiger partial charge in [0.05, 0.1) is 21.5 Å². The minimum atomic E-state index is -0.500. The lowest BCUT2D eigenvalue weighted by molar-refractivity contribution is -0.113. The van der Waals surface area contributed by atoms with Crippen LogP contribution in [0.2, 0.25) is 15.1 Å². The molecule has 0 bridgehead atoms. The number of nitrogen functional groups attached to an aromatic ring is 1. The first-order valence-corrected chi connectivity index (χ1v) is 9.99. The lowest BCUT2D eigenvalue weighted by atomic mass is 10.3. The number of amides is 1. The van der Waals surface area contributed by atoms with Crippen molar-refractivity contribution in [3.05, 3.63) is 74.0 Å². The van der Waals surface area contributed by atoms with Gasteiger partial charge in [-0.1, -0.05) is 52.6 Å². The predicted molar refractivity (Wildman–Crippen MR) is 115 cm³/mol. The fourth-order valence-corrected chi connectivity index (χ4v) is 3.79. The summed E-state index contributed by atoms with van der Waals surface area (Å²) in [6.45, 7) is 0. The van der Waals surface area contributed by atoms with E-state index in [1.54, 1.807) is 47.0 Å². The number of benzene rings is 2. The molecule has 3 N–H and O–H groups in total. The highest BCUT2D eigenvalue weighted by molar-refractivity contribution is 7.99. The van der Waals surface area contributed by atoms with Crippen molar-refractivity contribution >= 4 is 64.0 Å². The van der Waals surface area contributed by atoms with Crippen LogP contribution in [-0.4, -0.2) is 21.2 Å². The predicted octanol–water partition coefficient (Wildman–Crippen LogP) is 4.51. The zero-order chi connectivity index (χ0) is 20.3. The molecule has 3 rings (SSSR count). The van der Waals surface area contributed by atoms with Gasteiger partial charge in [-0.3, -0.25) is 14.2 Å². The fraction of sp³-hybridized carbons (Fsp3) is 0.0556. The molecule has 0 fully saturated rings. The third-order valence-corrected chi connectivity index (χ3v) is 5.39. The van der Waals surface area contributed by atoms with Crippen LogP contribution in [0.25, 0.3) is 5.69 Å². The maximum atomic E-state index is 12.3. The Hall–Kier alpha value is -2.19. The van der Waals surface area contributed by atoms with Gasteiger partial charge in [0.1, 0.15) is 5.82 Å². The molecule has 10 heteroatoms. The number of hydrogen-bond acceptors (Lipinski definition) is 5. The van der Waals surface area contributed by atoms with Gasteiger partial charge < -0.3 is 11.1 Å². The van der Waals surface area contributed by atoms with Crippen molar-refractivity contribution in [2.45, 2.75) is 5.16 Å². The second-order valence-corrected chi connectivity index (χ2v) is 7.74. The molecule has 3 aromatic rings. The number of aromatic nitrogens is 2. The molecule has 0 aliphatic rings. The molecule has 28 heavy (non-hydrogen) atoms. The topological polar surface area (TPSA) is 90.0 Å². The molecule has 0 unspecified atom stereocenters. The van der Waals surface area contributed by atoms with Crippen LogP contribution in [0.1, 0.15) is 0 Å². The Labute approximate surface area is 179 Å². The first kappa shape index (κ1) is 20.5. The zero-order valence-corrected chi connectivity index (χ0v) is 17.2. The normalized spacial score (nSPS) is 10.7. The Kier molecular flexibility index (Phi) is 6.51. The highest BCUT2D eigenvalue weighted by Gasteiger charge is 2.14. The number of halogens is 3. The van der Waals surface area contributed by atoms with E-state index in [-0.39, 0.29) is 22.6 Å². The Balaban J connectivity index is 1.83. The van der Waals surface area contributed by atoms with Crippen LogP contribution >= 0.6 is 46.6 Å². The first-order valence-electron chi connectivity index (χ1n) is 7.87. The summed E-state index contributed by atoms with van der Waals surface area (Å²) in [4.78, 5) is 28.1. The van der Waals surface area contributed by atoms with Gasteiger partial charge in [0.25, 0.3) is 5.56 Å². The van der Waals surface area contributed by atoms with E-state index in [1.165, 1.54) is 6.07 Å². The largest absolute Gasteiger partial charge is 0.385 e. The van der Waals surface area contributed by atoms with Crippen LogP contribution in [-0.2, 0) is 4.79 Å². The maximum absolute atomic E-state index is 12.3. The molecule has 0 aliphatic carbocycles. The first-order chi connectivity index (χ1) is 13.3. The van der Waals surface area contributed by atoms with Gasteiger partial charge >= 0.3 is 0 Å². The van der Waals surface area contributed by atoms with Crippen LogP contribution in [0.15, 0.2) is 58.5 Å². The summed E-state index contributed by atoms with van der Waals surface area (Å²) in [6, 6.07) is 13.0. The molecule has 1 heterocycles. The van der Waals surface area contributed by atoms with Crippen LogP contribution in [0.3, 0.4) is 0 Å². The van der Waals surface area contributed by atoms with Crippen molar-refractivity contribution in [2.75, 3.05) is 16.8 Å². The van der Waals surface area contributed by atoms with E-state index in [4.69, 9.17) is 40.5 Å². The van der Waals surface area contributed by atoms with Gasteiger partial charge in [0, 0.05) is 16.8 Å². The highest BCUT2D eigenvalue weighted by Crippen LogP contribution is 2.30. The molecule has 0 atom stereocenters. The third kappa shape index (κ3) is 4.80. The summed E-state index contributed by atoms with van der Waals surface area (Å²) >= 11 is 19.1. The number of nitrogens with one attached hydrogen (secondary N) is 1. The number of carbonyl (C=O) groups excluding carboxylic acids is 1. The minimum absolute atomic E-state index is 0.0367. The molecule has 2 aromatic carbocycles. The smallest absolute Gasteiger partial charge is 0.275 e.